The molecule has 1 amide bonds. The van der Waals surface area contributed by atoms with Crippen molar-refractivity contribution in [3.05, 3.63) is 54.5 Å². The van der Waals surface area contributed by atoms with Gasteiger partial charge < -0.3 is 14.9 Å². The minimum absolute atomic E-state index is 0.0663. The molecule has 1 saturated heterocycles. The molecule has 3 aromatic rings. The lowest BCUT2D eigenvalue weighted by Crippen LogP contribution is -2.35. The number of carbonyl (C=O) groups is 1. The average molecular weight is 364 g/mol. The highest BCUT2D eigenvalue weighted by molar-refractivity contribution is 5.93. The van der Waals surface area contributed by atoms with Gasteiger partial charge in [-0.05, 0) is 42.8 Å². The Hall–Kier alpha value is -3.42. The number of aromatic hydroxyl groups is 1. The fraction of sp³-hybridized carbons (Fsp3) is 0.263. The lowest BCUT2D eigenvalue weighted by Gasteiger charge is -2.21. The summed E-state index contributed by atoms with van der Waals surface area (Å²) in [5.41, 5.74) is 1.97. The van der Waals surface area contributed by atoms with Gasteiger partial charge in [0.05, 0.1) is 5.69 Å². The van der Waals surface area contributed by atoms with Crippen LogP contribution >= 0.6 is 0 Å². The number of aromatic nitrogens is 4. The van der Waals surface area contributed by atoms with Crippen LogP contribution in [0.1, 0.15) is 16.9 Å². The molecule has 2 N–H and O–H groups in total. The molecule has 0 saturated carbocycles. The zero-order valence-corrected chi connectivity index (χ0v) is 14.7. The van der Waals surface area contributed by atoms with Crippen LogP contribution in [0.25, 0.3) is 11.3 Å². The highest BCUT2D eigenvalue weighted by atomic mass is 16.3. The molecule has 8 nitrogen and oxygen atoms in total. The van der Waals surface area contributed by atoms with E-state index < -0.39 is 0 Å². The number of carbonyl (C=O) groups excluding carboxylic acids is 1. The molecule has 0 aliphatic carbocycles. The number of rotatable bonds is 3. The van der Waals surface area contributed by atoms with E-state index in [2.05, 4.69) is 25.1 Å². The number of aromatic amines is 1. The summed E-state index contributed by atoms with van der Waals surface area (Å²) in [5.74, 6) is 0.827. The molecule has 0 atom stereocenters. The SMILES string of the molecule is O=C(c1cc(-c2ccc(O)cc2)n[nH]1)N1CCCN(c2ncccn2)CC1. The molecule has 4 rings (SSSR count). The Labute approximate surface area is 156 Å². The van der Waals surface area contributed by atoms with Gasteiger partial charge in [0.1, 0.15) is 11.4 Å². The molecule has 1 fully saturated rings. The number of anilines is 1. The molecular weight excluding hydrogens is 344 g/mol. The third-order valence-corrected chi connectivity index (χ3v) is 4.59. The zero-order chi connectivity index (χ0) is 18.6. The predicted molar refractivity (Wildman–Crippen MR) is 100 cm³/mol. The molecule has 3 heterocycles. The van der Waals surface area contributed by atoms with E-state index in [1.54, 1.807) is 48.8 Å². The topological polar surface area (TPSA) is 98.2 Å². The van der Waals surface area contributed by atoms with Crippen LogP contribution in [0, 0.1) is 0 Å². The van der Waals surface area contributed by atoms with E-state index in [1.807, 2.05) is 4.90 Å². The fourth-order valence-electron chi connectivity index (χ4n) is 3.16. The first-order chi connectivity index (χ1) is 13.2. The molecule has 1 aliphatic rings. The summed E-state index contributed by atoms with van der Waals surface area (Å²) in [6, 6.07) is 10.3. The number of nitrogens with zero attached hydrogens (tertiary/aromatic N) is 5. The highest BCUT2D eigenvalue weighted by Gasteiger charge is 2.23. The number of phenolic OH excluding ortho intramolecular Hbond substituents is 1. The summed E-state index contributed by atoms with van der Waals surface area (Å²) in [6.07, 6.45) is 4.31. The minimum atomic E-state index is -0.0663. The van der Waals surface area contributed by atoms with Crippen LogP contribution in [0.15, 0.2) is 48.8 Å². The first-order valence-electron chi connectivity index (χ1n) is 8.87. The van der Waals surface area contributed by atoms with Gasteiger partial charge in [-0.3, -0.25) is 9.89 Å². The van der Waals surface area contributed by atoms with Crippen molar-refractivity contribution in [1.29, 1.82) is 0 Å². The van der Waals surface area contributed by atoms with Gasteiger partial charge in [-0.15, -0.1) is 0 Å². The van der Waals surface area contributed by atoms with Crippen molar-refractivity contribution in [1.82, 2.24) is 25.1 Å². The summed E-state index contributed by atoms with van der Waals surface area (Å²) < 4.78 is 0. The summed E-state index contributed by atoms with van der Waals surface area (Å²) in [7, 11) is 0. The molecule has 0 radical (unpaired) electrons. The molecule has 0 spiro atoms. The molecule has 0 bridgehead atoms. The van der Waals surface area contributed by atoms with Crippen LogP contribution in [-0.2, 0) is 0 Å². The summed E-state index contributed by atoms with van der Waals surface area (Å²) in [6.45, 7) is 2.78. The maximum absolute atomic E-state index is 12.9. The second-order valence-corrected chi connectivity index (χ2v) is 6.40. The minimum Gasteiger partial charge on any atom is -0.508 e. The van der Waals surface area contributed by atoms with Crippen molar-refractivity contribution in [2.45, 2.75) is 6.42 Å². The third-order valence-electron chi connectivity index (χ3n) is 4.59. The van der Waals surface area contributed by atoms with Crippen LogP contribution in [0.4, 0.5) is 5.95 Å². The van der Waals surface area contributed by atoms with E-state index in [-0.39, 0.29) is 11.7 Å². The molecular formula is C19H20N6O2. The summed E-state index contributed by atoms with van der Waals surface area (Å²) in [4.78, 5) is 25.4. The van der Waals surface area contributed by atoms with E-state index in [9.17, 15) is 9.90 Å². The monoisotopic (exact) mass is 364 g/mol. The van der Waals surface area contributed by atoms with Crippen molar-refractivity contribution in [3.8, 4) is 17.0 Å². The van der Waals surface area contributed by atoms with Crippen molar-refractivity contribution >= 4 is 11.9 Å². The van der Waals surface area contributed by atoms with E-state index in [1.165, 1.54) is 0 Å². The van der Waals surface area contributed by atoms with E-state index in [0.29, 0.717) is 37.0 Å². The fourth-order valence-corrected chi connectivity index (χ4v) is 3.16. The molecule has 2 aromatic heterocycles. The maximum atomic E-state index is 12.9. The Morgan fingerprint density at radius 3 is 2.59 bits per heavy atom. The summed E-state index contributed by atoms with van der Waals surface area (Å²) >= 11 is 0. The van der Waals surface area contributed by atoms with Crippen molar-refractivity contribution in [3.63, 3.8) is 0 Å². The molecule has 1 aliphatic heterocycles. The van der Waals surface area contributed by atoms with Gasteiger partial charge in [0.15, 0.2) is 0 Å². The smallest absolute Gasteiger partial charge is 0.271 e. The summed E-state index contributed by atoms with van der Waals surface area (Å²) in [5, 5.41) is 16.5. The maximum Gasteiger partial charge on any atom is 0.271 e. The van der Waals surface area contributed by atoms with E-state index >= 15 is 0 Å². The van der Waals surface area contributed by atoms with Gasteiger partial charge in [0.25, 0.3) is 5.91 Å². The number of hydrogen-bond donors (Lipinski definition) is 2. The molecule has 27 heavy (non-hydrogen) atoms. The molecule has 0 unspecified atom stereocenters. The number of nitrogens with one attached hydrogen (secondary N) is 1. The largest absolute Gasteiger partial charge is 0.508 e. The van der Waals surface area contributed by atoms with E-state index in [4.69, 9.17) is 0 Å². The Kier molecular flexibility index (Phi) is 4.69. The van der Waals surface area contributed by atoms with Gasteiger partial charge in [0.2, 0.25) is 5.95 Å². The van der Waals surface area contributed by atoms with Crippen LogP contribution in [0.3, 0.4) is 0 Å². The van der Waals surface area contributed by atoms with Gasteiger partial charge in [-0.2, -0.15) is 5.10 Å². The number of hydrogen-bond acceptors (Lipinski definition) is 6. The van der Waals surface area contributed by atoms with Crippen LogP contribution < -0.4 is 4.90 Å². The lowest BCUT2D eigenvalue weighted by molar-refractivity contribution is 0.0761. The normalized spacial score (nSPS) is 14.8. The first kappa shape index (κ1) is 17.0. The Morgan fingerprint density at radius 2 is 1.81 bits per heavy atom. The van der Waals surface area contributed by atoms with Gasteiger partial charge in [-0.25, -0.2) is 9.97 Å². The predicted octanol–water partition coefficient (Wildman–Crippen LogP) is 1.92. The second-order valence-electron chi connectivity index (χ2n) is 6.40. The standard InChI is InChI=1S/C19H20N6O2/c26-15-5-3-14(4-6-15)16-13-17(23-22-16)18(27)24-9-2-10-25(12-11-24)19-20-7-1-8-21-19/h1,3-8,13,26H,2,9-12H2,(H,22,23). The molecule has 138 valence electrons. The average Bonchev–Trinajstić information content (AvgIpc) is 3.06. The first-order valence-corrected chi connectivity index (χ1v) is 8.87. The van der Waals surface area contributed by atoms with Crippen molar-refractivity contribution < 1.29 is 9.90 Å². The lowest BCUT2D eigenvalue weighted by atomic mass is 10.1. The number of phenols is 1. The van der Waals surface area contributed by atoms with Crippen LogP contribution in [0.2, 0.25) is 0 Å². The Morgan fingerprint density at radius 1 is 1.04 bits per heavy atom. The van der Waals surface area contributed by atoms with Crippen molar-refractivity contribution in [2.75, 3.05) is 31.1 Å². The quantitative estimate of drug-likeness (QED) is 0.737. The highest BCUT2D eigenvalue weighted by Crippen LogP contribution is 2.21. The Balaban J connectivity index is 1.45. The van der Waals surface area contributed by atoms with Gasteiger partial charge in [-0.1, -0.05) is 0 Å². The van der Waals surface area contributed by atoms with Gasteiger partial charge >= 0.3 is 0 Å². The number of benzene rings is 1. The second kappa shape index (κ2) is 7.45. The number of H-pyrrole nitrogens is 1. The third kappa shape index (κ3) is 3.74. The van der Waals surface area contributed by atoms with Gasteiger partial charge in [0, 0.05) is 44.1 Å². The van der Waals surface area contributed by atoms with Crippen LogP contribution in [-0.4, -0.2) is 62.3 Å². The van der Waals surface area contributed by atoms with Crippen LogP contribution in [0.5, 0.6) is 5.75 Å². The molecule has 1 aromatic carbocycles. The van der Waals surface area contributed by atoms with E-state index in [0.717, 1.165) is 18.5 Å². The zero-order valence-electron chi connectivity index (χ0n) is 14.7. The number of amides is 1. The Bertz CT molecular complexity index is 909. The van der Waals surface area contributed by atoms with Crippen molar-refractivity contribution in [2.24, 2.45) is 0 Å². The molecule has 8 heteroatoms.